The van der Waals surface area contributed by atoms with Gasteiger partial charge in [0.25, 0.3) is 0 Å². The predicted molar refractivity (Wildman–Crippen MR) is 58.7 cm³/mol. The van der Waals surface area contributed by atoms with Gasteiger partial charge < -0.3 is 20.7 Å². The average molecular weight is 229 g/mol. The van der Waals surface area contributed by atoms with Crippen LogP contribution in [0.15, 0.2) is 0 Å². The summed E-state index contributed by atoms with van der Waals surface area (Å²) in [7, 11) is 4.89. The standard InChI is InChI=1S/C10H19N3O3/c1-13(2)6-8(14)12-10(9(15)16-3)4-7(11)5-10/h7H,4-6,11H2,1-3H3,(H,12,14). The van der Waals surface area contributed by atoms with Gasteiger partial charge in [0, 0.05) is 6.04 Å². The molecule has 6 nitrogen and oxygen atoms in total. The number of carbonyl (C=O) groups excluding carboxylic acids is 2. The van der Waals surface area contributed by atoms with Gasteiger partial charge in [0.05, 0.1) is 13.7 Å². The largest absolute Gasteiger partial charge is 0.467 e. The summed E-state index contributed by atoms with van der Waals surface area (Å²) in [5.74, 6) is -0.608. The minimum absolute atomic E-state index is 0.0428. The molecule has 1 aliphatic carbocycles. The summed E-state index contributed by atoms with van der Waals surface area (Å²) in [5.41, 5.74) is 4.75. The van der Waals surface area contributed by atoms with Gasteiger partial charge in [-0.3, -0.25) is 4.79 Å². The molecule has 0 radical (unpaired) electrons. The summed E-state index contributed by atoms with van der Waals surface area (Å²) < 4.78 is 4.69. The van der Waals surface area contributed by atoms with E-state index in [1.165, 1.54) is 7.11 Å². The molecule has 3 N–H and O–H groups in total. The van der Waals surface area contributed by atoms with Crippen LogP contribution in [-0.2, 0) is 14.3 Å². The summed E-state index contributed by atoms with van der Waals surface area (Å²) in [6.45, 7) is 0.244. The van der Waals surface area contributed by atoms with E-state index in [1.807, 2.05) is 0 Å². The molecule has 0 bridgehead atoms. The van der Waals surface area contributed by atoms with Gasteiger partial charge in [-0.2, -0.15) is 0 Å². The smallest absolute Gasteiger partial charge is 0.331 e. The van der Waals surface area contributed by atoms with Crippen LogP contribution in [0.4, 0.5) is 0 Å². The number of esters is 1. The third kappa shape index (κ3) is 2.70. The van der Waals surface area contributed by atoms with Crippen LogP contribution in [0.5, 0.6) is 0 Å². The molecule has 1 saturated carbocycles. The predicted octanol–water partition coefficient (Wildman–Crippen LogP) is -1.30. The van der Waals surface area contributed by atoms with Gasteiger partial charge in [-0.25, -0.2) is 4.79 Å². The van der Waals surface area contributed by atoms with E-state index in [9.17, 15) is 9.59 Å². The minimum atomic E-state index is -0.902. The van der Waals surface area contributed by atoms with Gasteiger partial charge in [-0.1, -0.05) is 0 Å². The third-order valence-electron chi connectivity index (χ3n) is 2.64. The molecule has 0 aromatic carbocycles. The number of carbonyl (C=O) groups is 2. The summed E-state index contributed by atoms with van der Waals surface area (Å²) in [5, 5.41) is 2.71. The molecule has 1 amide bonds. The number of amides is 1. The monoisotopic (exact) mass is 229 g/mol. The molecule has 0 aromatic heterocycles. The fourth-order valence-corrected chi connectivity index (χ4v) is 1.94. The van der Waals surface area contributed by atoms with Crippen molar-refractivity contribution in [3.63, 3.8) is 0 Å². The molecule has 16 heavy (non-hydrogen) atoms. The molecule has 0 unspecified atom stereocenters. The van der Waals surface area contributed by atoms with Crippen LogP contribution in [0.25, 0.3) is 0 Å². The summed E-state index contributed by atoms with van der Waals surface area (Å²) in [4.78, 5) is 24.9. The van der Waals surface area contributed by atoms with E-state index < -0.39 is 11.5 Å². The molecular weight excluding hydrogens is 210 g/mol. The van der Waals surface area contributed by atoms with Crippen LogP contribution in [0.1, 0.15) is 12.8 Å². The van der Waals surface area contributed by atoms with Gasteiger partial charge in [0.1, 0.15) is 5.54 Å². The van der Waals surface area contributed by atoms with E-state index in [0.29, 0.717) is 12.8 Å². The lowest BCUT2D eigenvalue weighted by Gasteiger charge is -2.43. The Labute approximate surface area is 95.1 Å². The van der Waals surface area contributed by atoms with E-state index in [2.05, 4.69) is 10.1 Å². The molecule has 6 heteroatoms. The molecular formula is C10H19N3O3. The molecule has 0 atom stereocenters. The van der Waals surface area contributed by atoms with Crippen LogP contribution in [0.2, 0.25) is 0 Å². The molecule has 0 spiro atoms. The SMILES string of the molecule is COC(=O)C1(NC(=O)CN(C)C)CC(N)C1. The van der Waals surface area contributed by atoms with Crippen LogP contribution in [0.3, 0.4) is 0 Å². The number of likely N-dealkylation sites (N-methyl/N-ethyl adjacent to an activating group) is 1. The van der Waals surface area contributed by atoms with Gasteiger partial charge in [-0.05, 0) is 26.9 Å². The second kappa shape index (κ2) is 4.80. The summed E-state index contributed by atoms with van der Waals surface area (Å²) >= 11 is 0. The van der Waals surface area contributed by atoms with Crippen molar-refractivity contribution in [2.24, 2.45) is 5.73 Å². The van der Waals surface area contributed by atoms with Crippen LogP contribution >= 0.6 is 0 Å². The van der Waals surface area contributed by atoms with E-state index in [1.54, 1.807) is 19.0 Å². The highest BCUT2D eigenvalue weighted by Crippen LogP contribution is 2.32. The zero-order valence-corrected chi connectivity index (χ0v) is 9.95. The third-order valence-corrected chi connectivity index (χ3v) is 2.64. The van der Waals surface area contributed by atoms with Gasteiger partial charge in [0.15, 0.2) is 0 Å². The topological polar surface area (TPSA) is 84.7 Å². The molecule has 0 saturated heterocycles. The number of nitrogens with two attached hydrogens (primary N) is 1. The van der Waals surface area contributed by atoms with Crippen molar-refractivity contribution in [1.29, 1.82) is 0 Å². The van der Waals surface area contributed by atoms with Crippen molar-refractivity contribution in [3.8, 4) is 0 Å². The fourth-order valence-electron chi connectivity index (χ4n) is 1.94. The molecule has 0 heterocycles. The van der Waals surface area contributed by atoms with Crippen molar-refractivity contribution in [3.05, 3.63) is 0 Å². The fraction of sp³-hybridized carbons (Fsp3) is 0.800. The van der Waals surface area contributed by atoms with Crippen molar-refractivity contribution < 1.29 is 14.3 Å². The first-order valence-electron chi connectivity index (χ1n) is 5.19. The Morgan fingerprint density at radius 3 is 2.44 bits per heavy atom. The lowest BCUT2D eigenvalue weighted by atomic mass is 9.73. The van der Waals surface area contributed by atoms with Gasteiger partial charge in [-0.15, -0.1) is 0 Å². The van der Waals surface area contributed by atoms with Crippen LogP contribution in [0, 0.1) is 0 Å². The lowest BCUT2D eigenvalue weighted by molar-refractivity contribution is -0.156. The first-order chi connectivity index (χ1) is 7.39. The Kier molecular flexibility index (Phi) is 3.88. The van der Waals surface area contributed by atoms with E-state index in [4.69, 9.17) is 5.73 Å². The Morgan fingerprint density at radius 1 is 1.50 bits per heavy atom. The van der Waals surface area contributed by atoms with E-state index in [0.717, 1.165) is 0 Å². The molecule has 0 aliphatic heterocycles. The molecule has 1 fully saturated rings. The number of nitrogens with zero attached hydrogens (tertiary/aromatic N) is 1. The van der Waals surface area contributed by atoms with E-state index >= 15 is 0 Å². The van der Waals surface area contributed by atoms with E-state index in [-0.39, 0.29) is 18.5 Å². The molecule has 1 aliphatic rings. The second-order valence-electron chi connectivity index (χ2n) is 4.53. The molecule has 0 aromatic rings. The maximum atomic E-state index is 11.6. The summed E-state index contributed by atoms with van der Waals surface area (Å²) in [6, 6.07) is -0.0428. The Morgan fingerprint density at radius 2 is 2.06 bits per heavy atom. The number of nitrogens with one attached hydrogen (secondary N) is 1. The maximum Gasteiger partial charge on any atom is 0.331 e. The normalized spacial score (nSPS) is 28.4. The van der Waals surface area contributed by atoms with Gasteiger partial charge in [0.2, 0.25) is 5.91 Å². The minimum Gasteiger partial charge on any atom is -0.467 e. The first kappa shape index (κ1) is 12.9. The zero-order chi connectivity index (χ0) is 12.3. The second-order valence-corrected chi connectivity index (χ2v) is 4.53. The lowest BCUT2D eigenvalue weighted by Crippen LogP contribution is -2.67. The number of hydrogen-bond acceptors (Lipinski definition) is 5. The Balaban J connectivity index is 2.59. The quantitative estimate of drug-likeness (QED) is 0.585. The first-order valence-corrected chi connectivity index (χ1v) is 5.19. The highest BCUT2D eigenvalue weighted by atomic mass is 16.5. The van der Waals surface area contributed by atoms with Crippen LogP contribution in [-0.4, -0.2) is 56.1 Å². The number of methoxy groups -OCH3 is 1. The highest BCUT2D eigenvalue weighted by molar-refractivity contribution is 5.89. The van der Waals surface area contributed by atoms with Crippen molar-refractivity contribution >= 4 is 11.9 Å². The summed E-state index contributed by atoms with van der Waals surface area (Å²) in [6.07, 6.45) is 0.887. The van der Waals surface area contributed by atoms with Crippen molar-refractivity contribution in [2.75, 3.05) is 27.7 Å². The number of rotatable bonds is 4. The Hall–Kier alpha value is -1.14. The zero-order valence-electron chi connectivity index (χ0n) is 9.95. The molecule has 1 rings (SSSR count). The van der Waals surface area contributed by atoms with Gasteiger partial charge >= 0.3 is 5.97 Å². The molecule has 92 valence electrons. The van der Waals surface area contributed by atoms with Crippen molar-refractivity contribution in [1.82, 2.24) is 10.2 Å². The average Bonchev–Trinajstić information content (AvgIpc) is 2.12. The van der Waals surface area contributed by atoms with Crippen molar-refractivity contribution in [2.45, 2.75) is 24.4 Å². The Bertz CT molecular complexity index is 285. The number of ether oxygens (including phenoxy) is 1. The maximum absolute atomic E-state index is 11.6. The number of hydrogen-bond donors (Lipinski definition) is 2. The highest BCUT2D eigenvalue weighted by Gasteiger charge is 2.51. The van der Waals surface area contributed by atoms with Crippen LogP contribution < -0.4 is 11.1 Å².